The van der Waals surface area contributed by atoms with Crippen LogP contribution in [-0.2, 0) is 30.0 Å². The van der Waals surface area contributed by atoms with Crippen LogP contribution in [0.5, 0.6) is 0 Å². The summed E-state index contributed by atoms with van der Waals surface area (Å²) in [4.78, 5) is 31.1. The van der Waals surface area contributed by atoms with Gasteiger partial charge in [0.05, 0.1) is 26.8 Å². The second-order valence-corrected chi connectivity index (χ2v) is 9.51. The van der Waals surface area contributed by atoms with Crippen LogP contribution in [0.1, 0.15) is 41.5 Å². The summed E-state index contributed by atoms with van der Waals surface area (Å²) in [6, 6.07) is -0.869. The number of esters is 1. The minimum absolute atomic E-state index is 0.319. The Hall–Kier alpha value is -1.70. The first kappa shape index (κ1) is 18.6. The van der Waals surface area contributed by atoms with Gasteiger partial charge in [0.2, 0.25) is 0 Å². The molecule has 24 heavy (non-hydrogen) atoms. The second kappa shape index (κ2) is 5.98. The Morgan fingerprint density at radius 1 is 1.38 bits per heavy atom. The van der Waals surface area contributed by atoms with E-state index in [4.69, 9.17) is 4.74 Å². The van der Waals surface area contributed by atoms with Crippen LogP contribution in [0.3, 0.4) is 0 Å². The van der Waals surface area contributed by atoms with Crippen LogP contribution in [0.15, 0.2) is 16.8 Å². The van der Waals surface area contributed by atoms with Crippen molar-refractivity contribution >= 4 is 28.4 Å². The minimum atomic E-state index is -1.43. The van der Waals surface area contributed by atoms with Gasteiger partial charge in [-0.15, -0.1) is 0 Å². The molecular formula is C16H24N2O5S. The summed E-state index contributed by atoms with van der Waals surface area (Å²) in [7, 11) is -0.0222. The van der Waals surface area contributed by atoms with Gasteiger partial charge in [0.15, 0.2) is 0 Å². The summed E-state index contributed by atoms with van der Waals surface area (Å²) < 4.78 is 17.4. The van der Waals surface area contributed by atoms with E-state index in [0.29, 0.717) is 11.3 Å². The van der Waals surface area contributed by atoms with Gasteiger partial charge in [-0.2, -0.15) is 0 Å². The van der Waals surface area contributed by atoms with Gasteiger partial charge in [-0.25, -0.2) is 4.79 Å². The largest absolute Gasteiger partial charge is 0.458 e. The number of hydrogen-bond donors (Lipinski definition) is 0. The molecule has 2 rings (SSSR count). The number of β-lactam (4-membered cyclic amide) rings is 1. The smallest absolute Gasteiger partial charge is 0.330 e. The highest BCUT2D eigenvalue weighted by molar-refractivity contribution is 7.87. The molecule has 2 aliphatic heterocycles. The van der Waals surface area contributed by atoms with Crippen LogP contribution >= 0.6 is 0 Å². The number of amides is 1. The molecule has 2 aliphatic rings. The Labute approximate surface area is 144 Å². The number of allylic oxidation sites excluding steroid dienone is 1. The summed E-state index contributed by atoms with van der Waals surface area (Å²) in [5.74, 6) is -0.849. The Balaban J connectivity index is 2.36. The molecule has 1 unspecified atom stereocenters. The maximum Gasteiger partial charge on any atom is 0.330 e. The molecule has 0 aromatic rings. The zero-order valence-corrected chi connectivity index (χ0v) is 15.9. The van der Waals surface area contributed by atoms with Gasteiger partial charge < -0.3 is 14.5 Å². The van der Waals surface area contributed by atoms with Gasteiger partial charge in [-0.05, 0) is 47.6 Å². The molecule has 0 bridgehead atoms. The molecule has 0 aromatic heterocycles. The van der Waals surface area contributed by atoms with Crippen LogP contribution in [0.4, 0.5) is 0 Å². The normalized spacial score (nSPS) is 30.9. The quantitative estimate of drug-likeness (QED) is 0.251. The number of carbonyl (C=O) groups excluding carboxylic acids is 2. The van der Waals surface area contributed by atoms with Crippen molar-refractivity contribution in [1.29, 1.82) is 0 Å². The first-order chi connectivity index (χ1) is 10.9. The molecule has 2 fully saturated rings. The molecule has 2 saturated heterocycles. The molecule has 0 N–H and O–H groups in total. The lowest BCUT2D eigenvalue weighted by molar-refractivity contribution is -0.166. The van der Waals surface area contributed by atoms with E-state index in [0.717, 1.165) is 0 Å². The van der Waals surface area contributed by atoms with Crippen molar-refractivity contribution in [3.63, 3.8) is 0 Å². The minimum Gasteiger partial charge on any atom is -0.458 e. The molecule has 0 spiro atoms. The van der Waals surface area contributed by atoms with Gasteiger partial charge in [0, 0.05) is 0 Å². The molecule has 3 atom stereocenters. The number of fused-ring (bicyclic) bond motifs is 1. The van der Waals surface area contributed by atoms with E-state index in [1.54, 1.807) is 47.6 Å². The first-order valence-corrected chi connectivity index (χ1v) is 8.88. The molecule has 7 nitrogen and oxygen atoms in total. The van der Waals surface area contributed by atoms with Gasteiger partial charge in [-0.1, -0.05) is 5.16 Å². The van der Waals surface area contributed by atoms with Crippen molar-refractivity contribution in [3.05, 3.63) is 11.6 Å². The van der Waals surface area contributed by atoms with Crippen molar-refractivity contribution in [3.8, 4) is 0 Å². The highest BCUT2D eigenvalue weighted by atomic mass is 32.2. The van der Waals surface area contributed by atoms with E-state index in [2.05, 4.69) is 9.99 Å². The predicted molar refractivity (Wildman–Crippen MR) is 90.7 cm³/mol. The zero-order valence-electron chi connectivity index (χ0n) is 15.1. The SMILES string of the molecule is CO/N=C(C)\C=C1\C(=O)N2[C@@H]1S(=O)C(C)(C)[C@@H]2C(=O)OC(C)(C)C. The summed E-state index contributed by atoms with van der Waals surface area (Å²) >= 11 is 0. The number of oxime groups is 1. The van der Waals surface area contributed by atoms with Gasteiger partial charge in [0.25, 0.3) is 5.91 Å². The van der Waals surface area contributed by atoms with Gasteiger partial charge >= 0.3 is 5.97 Å². The third-order valence-corrected chi connectivity index (χ3v) is 6.03. The maximum absolute atomic E-state index is 12.9. The van der Waals surface area contributed by atoms with Crippen molar-refractivity contribution in [2.24, 2.45) is 5.16 Å². The average molecular weight is 356 g/mol. The summed E-state index contributed by atoms with van der Waals surface area (Å²) in [6.07, 6.45) is 1.55. The molecular weight excluding hydrogens is 332 g/mol. The number of rotatable bonds is 3. The van der Waals surface area contributed by atoms with E-state index < -0.39 is 38.5 Å². The van der Waals surface area contributed by atoms with Crippen molar-refractivity contribution in [2.45, 2.75) is 63.3 Å². The van der Waals surface area contributed by atoms with Crippen LogP contribution < -0.4 is 0 Å². The molecule has 2 heterocycles. The van der Waals surface area contributed by atoms with Crippen LogP contribution in [-0.4, -0.2) is 55.6 Å². The third kappa shape index (κ3) is 2.99. The van der Waals surface area contributed by atoms with Crippen molar-refractivity contribution in [2.75, 3.05) is 7.11 Å². The fourth-order valence-electron chi connectivity index (χ4n) is 2.93. The van der Waals surface area contributed by atoms with E-state index in [-0.39, 0.29) is 5.91 Å². The fraction of sp³-hybridized carbons (Fsp3) is 0.688. The predicted octanol–water partition coefficient (Wildman–Crippen LogP) is 1.35. The van der Waals surface area contributed by atoms with E-state index in [1.165, 1.54) is 12.0 Å². The number of carbonyl (C=O) groups is 2. The Bertz CT molecular complexity index is 660. The molecule has 0 radical (unpaired) electrons. The van der Waals surface area contributed by atoms with Gasteiger partial charge in [-0.3, -0.25) is 9.00 Å². The highest BCUT2D eigenvalue weighted by Gasteiger charge is 2.66. The number of hydrogen-bond acceptors (Lipinski definition) is 6. The molecule has 1 amide bonds. The molecule has 0 saturated carbocycles. The lowest BCUT2D eigenvalue weighted by atomic mass is 9.95. The van der Waals surface area contributed by atoms with Crippen molar-refractivity contribution in [1.82, 2.24) is 4.90 Å². The van der Waals surface area contributed by atoms with Crippen LogP contribution in [0.2, 0.25) is 0 Å². The summed E-state index contributed by atoms with van der Waals surface area (Å²) in [6.45, 7) is 10.4. The van der Waals surface area contributed by atoms with E-state index in [9.17, 15) is 13.8 Å². The standard InChI is InChI=1S/C16H24N2O5S/c1-9(17-22-7)8-10-12(19)18-11(14(20)23-15(2,3)4)16(5,6)24(21)13(10)18/h8,11,13H,1-7H3/b10-8-,17-9-/t11-,13+,24?/m0/s1. The van der Waals surface area contributed by atoms with Crippen LogP contribution in [0.25, 0.3) is 0 Å². The second-order valence-electron chi connectivity index (χ2n) is 7.42. The number of nitrogens with zero attached hydrogens (tertiary/aromatic N) is 2. The first-order valence-electron chi connectivity index (χ1n) is 7.67. The highest BCUT2D eigenvalue weighted by Crippen LogP contribution is 2.46. The van der Waals surface area contributed by atoms with Gasteiger partial charge in [0.1, 0.15) is 24.1 Å². The van der Waals surface area contributed by atoms with E-state index >= 15 is 0 Å². The Morgan fingerprint density at radius 3 is 2.46 bits per heavy atom. The molecule has 0 aromatic carbocycles. The number of ether oxygens (including phenoxy) is 1. The molecule has 8 heteroatoms. The fourth-order valence-corrected chi connectivity index (χ4v) is 4.76. The molecule has 0 aliphatic carbocycles. The summed E-state index contributed by atoms with van der Waals surface area (Å²) in [5.41, 5.74) is 0.197. The maximum atomic E-state index is 12.9. The Kier molecular flexibility index (Phi) is 4.65. The average Bonchev–Trinajstić information content (AvgIpc) is 2.60. The van der Waals surface area contributed by atoms with Crippen LogP contribution in [0, 0.1) is 0 Å². The topological polar surface area (TPSA) is 85.3 Å². The lowest BCUT2D eigenvalue weighted by Crippen LogP contribution is -2.59. The lowest BCUT2D eigenvalue weighted by Gasteiger charge is -2.39. The third-order valence-electron chi connectivity index (χ3n) is 3.89. The zero-order chi connectivity index (χ0) is 18.4. The van der Waals surface area contributed by atoms with Crippen molar-refractivity contribution < 1.29 is 23.4 Å². The van der Waals surface area contributed by atoms with E-state index in [1.807, 2.05) is 0 Å². The molecule has 134 valence electrons. The summed E-state index contributed by atoms with van der Waals surface area (Å²) in [5, 5.41) is 3.12. The monoisotopic (exact) mass is 356 g/mol. The Morgan fingerprint density at radius 2 is 1.96 bits per heavy atom.